The minimum atomic E-state index is -4.18. The van der Waals surface area contributed by atoms with E-state index in [1.807, 2.05) is 6.92 Å². The first-order valence-corrected chi connectivity index (χ1v) is 7.82. The summed E-state index contributed by atoms with van der Waals surface area (Å²) in [5.74, 6) is 0.286. The maximum absolute atomic E-state index is 10.7. The Kier molecular flexibility index (Phi) is 4.38. The molecule has 0 aliphatic rings. The highest BCUT2D eigenvalue weighted by Crippen LogP contribution is 2.34. The van der Waals surface area contributed by atoms with Crippen LogP contribution in [0.1, 0.15) is 13.0 Å². The quantitative estimate of drug-likeness (QED) is 0.523. The number of ether oxygens (including phenoxy) is 1. The van der Waals surface area contributed by atoms with Crippen molar-refractivity contribution in [3.63, 3.8) is 0 Å². The summed E-state index contributed by atoms with van der Waals surface area (Å²) in [7, 11) is -4.18. The Labute approximate surface area is 120 Å². The van der Waals surface area contributed by atoms with E-state index in [1.165, 1.54) is 6.33 Å². The maximum atomic E-state index is 10.7. The lowest BCUT2D eigenvalue weighted by Crippen LogP contribution is -2.12. The number of nitrogen functional groups attached to an aromatic ring is 1. The molecule has 0 aromatic carbocycles. The molecule has 2 aromatic heterocycles. The van der Waals surface area contributed by atoms with E-state index in [2.05, 4.69) is 21.5 Å². The molecule has 0 bridgehead atoms. The Hall–Kier alpha value is -1.80. The van der Waals surface area contributed by atoms with Crippen molar-refractivity contribution in [1.82, 2.24) is 19.5 Å². The normalized spacial score (nSPS) is 13.5. The van der Waals surface area contributed by atoms with Crippen LogP contribution in [0.3, 0.4) is 0 Å². The highest BCUT2D eigenvalue weighted by atomic mass is 31.2. The summed E-state index contributed by atoms with van der Waals surface area (Å²) in [5, 5.41) is 0. The number of imidazole rings is 1. The van der Waals surface area contributed by atoms with Crippen molar-refractivity contribution in [2.24, 2.45) is 0 Å². The number of hydrogen-bond acceptors (Lipinski definition) is 6. The molecule has 9 nitrogen and oxygen atoms in total. The van der Waals surface area contributed by atoms with Crippen LogP contribution in [0.15, 0.2) is 24.8 Å². The van der Waals surface area contributed by atoms with E-state index >= 15 is 0 Å². The third-order valence-electron chi connectivity index (χ3n) is 2.94. The van der Waals surface area contributed by atoms with Gasteiger partial charge in [-0.1, -0.05) is 6.58 Å². The van der Waals surface area contributed by atoms with Gasteiger partial charge in [-0.05, 0) is 12.5 Å². The van der Waals surface area contributed by atoms with E-state index in [9.17, 15) is 4.57 Å². The Balaban J connectivity index is 2.11. The van der Waals surface area contributed by atoms with Crippen molar-refractivity contribution in [3.05, 3.63) is 24.8 Å². The third-order valence-corrected chi connectivity index (χ3v) is 3.46. The second-order valence-electron chi connectivity index (χ2n) is 4.56. The van der Waals surface area contributed by atoms with Gasteiger partial charge in [0.05, 0.1) is 19.0 Å². The number of nitrogens with two attached hydrogens (primary N) is 1. The topological polar surface area (TPSA) is 136 Å². The maximum Gasteiger partial charge on any atom is 0.350 e. The molecule has 0 spiro atoms. The SMILES string of the molecule is C=C(COCP(=O)(O)O)C(C)n1cnc2c(N)ncnc21. The Morgan fingerprint density at radius 1 is 1.52 bits per heavy atom. The van der Waals surface area contributed by atoms with Gasteiger partial charge in [-0.3, -0.25) is 4.57 Å². The first-order chi connectivity index (χ1) is 9.79. The van der Waals surface area contributed by atoms with Crippen molar-refractivity contribution < 1.29 is 19.1 Å². The minimum absolute atomic E-state index is 0.0204. The molecular weight excluding hydrogens is 297 g/mol. The molecule has 0 saturated heterocycles. The van der Waals surface area contributed by atoms with Crippen LogP contribution in [0.5, 0.6) is 0 Å². The number of hydrogen-bond donors (Lipinski definition) is 3. The molecule has 0 amide bonds. The first-order valence-electron chi connectivity index (χ1n) is 6.02. The lowest BCUT2D eigenvalue weighted by atomic mass is 10.1. The van der Waals surface area contributed by atoms with Crippen molar-refractivity contribution in [2.45, 2.75) is 13.0 Å². The molecule has 2 aromatic rings. The fourth-order valence-corrected chi connectivity index (χ4v) is 2.10. The summed E-state index contributed by atoms with van der Waals surface area (Å²) >= 11 is 0. The Morgan fingerprint density at radius 2 is 2.24 bits per heavy atom. The van der Waals surface area contributed by atoms with Gasteiger partial charge in [0.2, 0.25) is 0 Å². The van der Waals surface area contributed by atoms with Gasteiger partial charge in [0.15, 0.2) is 11.5 Å². The summed E-state index contributed by atoms with van der Waals surface area (Å²) in [4.78, 5) is 29.6. The molecule has 0 aliphatic carbocycles. The van der Waals surface area contributed by atoms with Crippen LogP contribution in [0.4, 0.5) is 5.82 Å². The highest BCUT2D eigenvalue weighted by molar-refractivity contribution is 7.51. The van der Waals surface area contributed by atoms with E-state index in [1.54, 1.807) is 10.9 Å². The molecular formula is C11H16N5O4P. The molecule has 114 valence electrons. The van der Waals surface area contributed by atoms with Gasteiger partial charge in [0.25, 0.3) is 0 Å². The summed E-state index contributed by atoms with van der Waals surface area (Å²) in [6.07, 6.45) is 2.27. The monoisotopic (exact) mass is 313 g/mol. The second-order valence-corrected chi connectivity index (χ2v) is 6.15. The number of aromatic nitrogens is 4. The van der Waals surface area contributed by atoms with Gasteiger partial charge in [0.1, 0.15) is 18.2 Å². The van der Waals surface area contributed by atoms with E-state index in [0.717, 1.165) is 0 Å². The fraction of sp³-hybridized carbons (Fsp3) is 0.364. The lowest BCUT2D eigenvalue weighted by Gasteiger charge is -2.17. The molecule has 1 unspecified atom stereocenters. The molecule has 0 radical (unpaired) electrons. The highest BCUT2D eigenvalue weighted by Gasteiger charge is 2.17. The standard InChI is InChI=1S/C11H16N5O4P/c1-7(3-20-6-21(17,18)19)8(2)16-5-15-9-10(12)13-4-14-11(9)16/h4-5,8H,1,3,6H2,2H3,(H2,12,13,14)(H2,17,18,19). The predicted molar refractivity (Wildman–Crippen MR) is 76.4 cm³/mol. The van der Waals surface area contributed by atoms with Gasteiger partial charge in [0, 0.05) is 0 Å². The fourth-order valence-electron chi connectivity index (χ4n) is 1.77. The lowest BCUT2D eigenvalue weighted by molar-refractivity contribution is 0.173. The average molecular weight is 313 g/mol. The molecule has 4 N–H and O–H groups in total. The Morgan fingerprint density at radius 3 is 2.90 bits per heavy atom. The zero-order valence-corrected chi connectivity index (χ0v) is 12.3. The smallest absolute Gasteiger partial charge is 0.350 e. The van der Waals surface area contributed by atoms with Crippen LogP contribution in [-0.4, -0.2) is 42.3 Å². The number of fused-ring (bicyclic) bond motifs is 1. The van der Waals surface area contributed by atoms with Crippen molar-refractivity contribution in [2.75, 3.05) is 18.7 Å². The average Bonchev–Trinajstić information content (AvgIpc) is 2.81. The molecule has 2 rings (SSSR count). The molecule has 0 aliphatic heterocycles. The van der Waals surface area contributed by atoms with Crippen LogP contribution >= 0.6 is 7.60 Å². The van der Waals surface area contributed by atoms with Gasteiger partial charge in [-0.15, -0.1) is 0 Å². The number of rotatable bonds is 6. The third kappa shape index (κ3) is 3.64. The first kappa shape index (κ1) is 15.6. The zero-order valence-electron chi connectivity index (χ0n) is 11.4. The van der Waals surface area contributed by atoms with Crippen LogP contribution < -0.4 is 5.73 Å². The summed E-state index contributed by atoms with van der Waals surface area (Å²) in [6, 6.07) is -0.221. The molecule has 2 heterocycles. The zero-order chi connectivity index (χ0) is 15.6. The summed E-state index contributed by atoms with van der Waals surface area (Å²) in [5.41, 5.74) is 7.39. The van der Waals surface area contributed by atoms with Crippen LogP contribution in [-0.2, 0) is 9.30 Å². The molecule has 21 heavy (non-hydrogen) atoms. The van der Waals surface area contributed by atoms with Gasteiger partial charge in [-0.25, -0.2) is 15.0 Å². The van der Waals surface area contributed by atoms with Gasteiger partial charge < -0.3 is 24.8 Å². The van der Waals surface area contributed by atoms with E-state index in [-0.39, 0.29) is 18.5 Å². The minimum Gasteiger partial charge on any atom is -0.382 e. The Bertz CT molecular complexity index is 710. The van der Waals surface area contributed by atoms with Crippen LogP contribution in [0.2, 0.25) is 0 Å². The molecule has 10 heteroatoms. The van der Waals surface area contributed by atoms with E-state index in [0.29, 0.717) is 16.7 Å². The van der Waals surface area contributed by atoms with Gasteiger partial charge >= 0.3 is 7.60 Å². The summed E-state index contributed by atoms with van der Waals surface area (Å²) in [6.45, 7) is 5.73. The van der Waals surface area contributed by atoms with Crippen LogP contribution in [0, 0.1) is 0 Å². The van der Waals surface area contributed by atoms with Crippen LogP contribution in [0.25, 0.3) is 11.2 Å². The number of anilines is 1. The van der Waals surface area contributed by atoms with E-state index in [4.69, 9.17) is 20.3 Å². The second kappa shape index (κ2) is 5.90. The van der Waals surface area contributed by atoms with Gasteiger partial charge in [-0.2, -0.15) is 0 Å². The summed E-state index contributed by atoms with van der Waals surface area (Å²) < 4.78 is 17.4. The molecule has 1 atom stereocenters. The molecule has 0 fully saturated rings. The van der Waals surface area contributed by atoms with Crippen molar-refractivity contribution in [1.29, 1.82) is 0 Å². The van der Waals surface area contributed by atoms with Crippen molar-refractivity contribution >= 4 is 24.6 Å². The van der Waals surface area contributed by atoms with Crippen molar-refractivity contribution in [3.8, 4) is 0 Å². The molecule has 0 saturated carbocycles. The largest absolute Gasteiger partial charge is 0.382 e. The predicted octanol–water partition coefficient (Wildman–Crippen LogP) is 0.677. The van der Waals surface area contributed by atoms with E-state index < -0.39 is 13.9 Å². The number of nitrogens with zero attached hydrogens (tertiary/aromatic N) is 4.